The molecule has 1 heterocycles. The van der Waals surface area contributed by atoms with E-state index < -0.39 is 12.1 Å². The first-order chi connectivity index (χ1) is 13.0. The van der Waals surface area contributed by atoms with E-state index in [1.54, 1.807) is 0 Å². The number of aliphatic carboxylic acids is 1. The lowest BCUT2D eigenvalue weighted by atomic mass is 10.1. The molecule has 0 bridgehead atoms. The van der Waals surface area contributed by atoms with Crippen molar-refractivity contribution in [2.45, 2.75) is 32.8 Å². The van der Waals surface area contributed by atoms with E-state index in [1.165, 1.54) is 36.9 Å². The van der Waals surface area contributed by atoms with Gasteiger partial charge in [-0.1, -0.05) is 25.5 Å². The fraction of sp³-hybridized carbons (Fsp3) is 0.238. The number of fused-ring (bicyclic) bond motifs is 1. The first kappa shape index (κ1) is 18.5. The molecule has 140 valence electrons. The summed E-state index contributed by atoms with van der Waals surface area (Å²) < 4.78 is 16.4. The van der Waals surface area contributed by atoms with Crippen molar-refractivity contribution >= 4 is 16.9 Å². The maximum absolute atomic E-state index is 12.6. The van der Waals surface area contributed by atoms with Crippen LogP contribution in [0.15, 0.2) is 57.9 Å². The highest BCUT2D eigenvalue weighted by atomic mass is 16.5. The number of carboxylic acids is 1. The largest absolute Gasteiger partial charge is 0.479 e. The van der Waals surface area contributed by atoms with Crippen molar-refractivity contribution in [2.24, 2.45) is 0 Å². The SMILES string of the molecule is CCCc1ccc(Oc2coc3cc(OC(C)C(=O)O)ccc3c2=O)cc1. The molecule has 1 N–H and O–H groups in total. The quantitative estimate of drug-likeness (QED) is 0.666. The molecular weight excluding hydrogens is 348 g/mol. The van der Waals surface area contributed by atoms with Crippen molar-refractivity contribution in [2.75, 3.05) is 0 Å². The third kappa shape index (κ3) is 4.28. The molecule has 3 aromatic rings. The van der Waals surface area contributed by atoms with Crippen LogP contribution in [-0.4, -0.2) is 17.2 Å². The Morgan fingerprint density at radius 2 is 1.85 bits per heavy atom. The van der Waals surface area contributed by atoms with E-state index in [9.17, 15) is 9.59 Å². The average molecular weight is 368 g/mol. The summed E-state index contributed by atoms with van der Waals surface area (Å²) in [5.74, 6) is -0.138. The second-order valence-electron chi connectivity index (χ2n) is 6.18. The van der Waals surface area contributed by atoms with Crippen LogP contribution in [0, 0.1) is 0 Å². The number of carboxylic acid groups (broad SMARTS) is 1. The van der Waals surface area contributed by atoms with Crippen LogP contribution in [0.2, 0.25) is 0 Å². The molecular formula is C21H20O6. The number of rotatable bonds is 7. The van der Waals surface area contributed by atoms with Gasteiger partial charge in [-0.3, -0.25) is 4.79 Å². The second kappa shape index (κ2) is 7.95. The molecule has 1 atom stereocenters. The molecule has 0 radical (unpaired) electrons. The zero-order valence-electron chi connectivity index (χ0n) is 15.1. The monoisotopic (exact) mass is 368 g/mol. The van der Waals surface area contributed by atoms with Crippen LogP contribution in [0.25, 0.3) is 11.0 Å². The third-order valence-corrected chi connectivity index (χ3v) is 4.06. The van der Waals surface area contributed by atoms with Gasteiger partial charge in [-0.15, -0.1) is 0 Å². The van der Waals surface area contributed by atoms with Gasteiger partial charge in [0.05, 0.1) is 5.39 Å². The summed E-state index contributed by atoms with van der Waals surface area (Å²) in [6.07, 6.45) is 2.29. The van der Waals surface area contributed by atoms with E-state index in [1.807, 2.05) is 24.3 Å². The number of hydrogen-bond acceptors (Lipinski definition) is 5. The Kier molecular flexibility index (Phi) is 5.45. The first-order valence-electron chi connectivity index (χ1n) is 8.69. The number of hydrogen-bond donors (Lipinski definition) is 1. The summed E-state index contributed by atoms with van der Waals surface area (Å²) >= 11 is 0. The second-order valence-corrected chi connectivity index (χ2v) is 6.18. The molecule has 1 aromatic heterocycles. The van der Waals surface area contributed by atoms with Crippen molar-refractivity contribution in [3.8, 4) is 17.2 Å². The Labute approximate surface area is 156 Å². The third-order valence-electron chi connectivity index (χ3n) is 4.06. The van der Waals surface area contributed by atoms with Gasteiger partial charge in [0, 0.05) is 6.07 Å². The fourth-order valence-electron chi connectivity index (χ4n) is 2.63. The van der Waals surface area contributed by atoms with E-state index in [-0.39, 0.29) is 11.2 Å². The number of ether oxygens (including phenoxy) is 2. The maximum atomic E-state index is 12.6. The van der Waals surface area contributed by atoms with Gasteiger partial charge in [-0.2, -0.15) is 0 Å². The molecule has 6 heteroatoms. The average Bonchev–Trinajstić information content (AvgIpc) is 2.65. The molecule has 0 saturated carbocycles. The minimum absolute atomic E-state index is 0.0818. The number of aryl methyl sites for hydroxylation is 1. The standard InChI is InChI=1S/C21H20O6/c1-3-4-14-5-7-15(8-6-14)27-19-12-25-18-11-16(26-13(2)21(23)24)9-10-17(18)20(19)22/h5-13H,3-4H2,1-2H3,(H,23,24). The lowest BCUT2D eigenvalue weighted by Gasteiger charge is -2.11. The Bertz CT molecular complexity index is 1000. The number of carbonyl (C=O) groups is 1. The minimum atomic E-state index is -1.08. The van der Waals surface area contributed by atoms with Crippen LogP contribution in [-0.2, 0) is 11.2 Å². The molecule has 0 fully saturated rings. The summed E-state index contributed by atoms with van der Waals surface area (Å²) in [6.45, 7) is 3.54. The molecule has 0 saturated heterocycles. The van der Waals surface area contributed by atoms with Gasteiger partial charge in [-0.25, -0.2) is 4.79 Å². The van der Waals surface area contributed by atoms with Crippen LogP contribution < -0.4 is 14.9 Å². The molecule has 2 aromatic carbocycles. The molecule has 0 amide bonds. The van der Waals surface area contributed by atoms with Crippen molar-refractivity contribution in [1.29, 1.82) is 0 Å². The molecule has 0 aliphatic carbocycles. The van der Waals surface area contributed by atoms with Gasteiger partial charge in [0.2, 0.25) is 11.2 Å². The van der Waals surface area contributed by atoms with Crippen LogP contribution in [0.4, 0.5) is 0 Å². The molecule has 27 heavy (non-hydrogen) atoms. The van der Waals surface area contributed by atoms with Gasteiger partial charge in [0.15, 0.2) is 6.10 Å². The smallest absolute Gasteiger partial charge is 0.344 e. The van der Waals surface area contributed by atoms with Crippen LogP contribution >= 0.6 is 0 Å². The van der Waals surface area contributed by atoms with Gasteiger partial charge in [0.25, 0.3) is 0 Å². The van der Waals surface area contributed by atoms with Crippen LogP contribution in [0.5, 0.6) is 17.2 Å². The van der Waals surface area contributed by atoms with Gasteiger partial charge >= 0.3 is 5.97 Å². The van der Waals surface area contributed by atoms with E-state index in [0.29, 0.717) is 22.5 Å². The summed E-state index contributed by atoms with van der Waals surface area (Å²) in [5.41, 5.74) is 1.19. The van der Waals surface area contributed by atoms with Crippen molar-refractivity contribution in [3.63, 3.8) is 0 Å². The fourth-order valence-corrected chi connectivity index (χ4v) is 2.63. The predicted octanol–water partition coefficient (Wildman–Crippen LogP) is 4.39. The molecule has 1 unspecified atom stereocenters. The Morgan fingerprint density at radius 3 is 2.52 bits per heavy atom. The zero-order valence-corrected chi connectivity index (χ0v) is 15.1. The molecule has 0 spiro atoms. The van der Waals surface area contributed by atoms with E-state index in [0.717, 1.165) is 12.8 Å². The minimum Gasteiger partial charge on any atom is -0.479 e. The first-order valence-corrected chi connectivity index (χ1v) is 8.69. The Hall–Kier alpha value is -3.28. The topological polar surface area (TPSA) is 86.0 Å². The van der Waals surface area contributed by atoms with Crippen LogP contribution in [0.3, 0.4) is 0 Å². The lowest BCUT2D eigenvalue weighted by Crippen LogP contribution is -2.22. The highest BCUT2D eigenvalue weighted by Crippen LogP contribution is 2.25. The van der Waals surface area contributed by atoms with Gasteiger partial charge in [0.1, 0.15) is 23.3 Å². The summed E-state index contributed by atoms with van der Waals surface area (Å²) in [5, 5.41) is 9.23. The molecule has 0 aliphatic rings. The Balaban J connectivity index is 1.84. The van der Waals surface area contributed by atoms with E-state index in [4.69, 9.17) is 19.0 Å². The molecule has 6 nitrogen and oxygen atoms in total. The highest BCUT2D eigenvalue weighted by molar-refractivity contribution is 5.79. The number of benzene rings is 2. The van der Waals surface area contributed by atoms with Crippen molar-refractivity contribution in [3.05, 3.63) is 64.5 Å². The van der Waals surface area contributed by atoms with Crippen molar-refractivity contribution < 1.29 is 23.8 Å². The summed E-state index contributed by atoms with van der Waals surface area (Å²) in [7, 11) is 0. The summed E-state index contributed by atoms with van der Waals surface area (Å²) in [4.78, 5) is 23.5. The normalized spacial score (nSPS) is 11.9. The van der Waals surface area contributed by atoms with Gasteiger partial charge < -0.3 is 19.0 Å². The maximum Gasteiger partial charge on any atom is 0.344 e. The van der Waals surface area contributed by atoms with Crippen LogP contribution in [0.1, 0.15) is 25.8 Å². The molecule has 0 aliphatic heterocycles. The zero-order chi connectivity index (χ0) is 19.4. The summed E-state index contributed by atoms with van der Waals surface area (Å²) in [6, 6.07) is 12.1. The Morgan fingerprint density at radius 1 is 1.15 bits per heavy atom. The van der Waals surface area contributed by atoms with E-state index >= 15 is 0 Å². The van der Waals surface area contributed by atoms with E-state index in [2.05, 4.69) is 6.92 Å². The van der Waals surface area contributed by atoms with Gasteiger partial charge in [-0.05, 0) is 43.2 Å². The van der Waals surface area contributed by atoms with Crippen molar-refractivity contribution in [1.82, 2.24) is 0 Å². The highest BCUT2D eigenvalue weighted by Gasteiger charge is 2.14. The predicted molar refractivity (Wildman–Crippen MR) is 101 cm³/mol. The lowest BCUT2D eigenvalue weighted by molar-refractivity contribution is -0.144. The molecule has 3 rings (SSSR count).